The SMILES string of the molecule is C=C(N=C(N)C(F)F)/C(F)=C\CC. The molecule has 0 atom stereocenters. The minimum Gasteiger partial charge on any atom is -0.382 e. The predicted molar refractivity (Wildman–Crippen MR) is 46.2 cm³/mol. The third-order valence-electron chi connectivity index (χ3n) is 1.15. The molecule has 0 aromatic carbocycles. The number of hydrogen-bond acceptors (Lipinski definition) is 1. The van der Waals surface area contributed by atoms with Crippen LogP contribution in [0, 0.1) is 0 Å². The molecular formula is C8H11F3N2. The molecule has 0 fully saturated rings. The Morgan fingerprint density at radius 2 is 2.15 bits per heavy atom. The van der Waals surface area contributed by atoms with Crippen LogP contribution in [0.1, 0.15) is 13.3 Å². The van der Waals surface area contributed by atoms with E-state index in [9.17, 15) is 13.2 Å². The van der Waals surface area contributed by atoms with E-state index in [2.05, 4.69) is 11.6 Å². The van der Waals surface area contributed by atoms with Crippen molar-refractivity contribution in [3.63, 3.8) is 0 Å². The van der Waals surface area contributed by atoms with Gasteiger partial charge in [0.2, 0.25) is 0 Å². The zero-order valence-electron chi connectivity index (χ0n) is 7.23. The molecule has 0 aromatic heterocycles. The molecule has 0 amide bonds. The smallest absolute Gasteiger partial charge is 0.294 e. The van der Waals surface area contributed by atoms with Crippen molar-refractivity contribution in [2.75, 3.05) is 0 Å². The summed E-state index contributed by atoms with van der Waals surface area (Å²) >= 11 is 0. The molecule has 2 nitrogen and oxygen atoms in total. The van der Waals surface area contributed by atoms with Crippen molar-refractivity contribution in [2.24, 2.45) is 10.7 Å². The highest BCUT2D eigenvalue weighted by molar-refractivity contribution is 5.84. The van der Waals surface area contributed by atoms with E-state index in [1.54, 1.807) is 6.92 Å². The average molecular weight is 192 g/mol. The molecule has 0 aromatic rings. The van der Waals surface area contributed by atoms with Gasteiger partial charge in [-0.05, 0) is 12.5 Å². The molecule has 0 spiro atoms. The Bertz CT molecular complexity index is 244. The van der Waals surface area contributed by atoms with Crippen molar-refractivity contribution >= 4 is 5.84 Å². The summed E-state index contributed by atoms with van der Waals surface area (Å²) in [7, 11) is 0. The maximum Gasteiger partial charge on any atom is 0.294 e. The number of hydrogen-bond donors (Lipinski definition) is 1. The minimum atomic E-state index is -2.88. The monoisotopic (exact) mass is 192 g/mol. The van der Waals surface area contributed by atoms with Crippen molar-refractivity contribution in [1.29, 1.82) is 0 Å². The van der Waals surface area contributed by atoms with Gasteiger partial charge in [0.25, 0.3) is 6.43 Å². The fraction of sp³-hybridized carbons (Fsp3) is 0.375. The fourth-order valence-corrected chi connectivity index (χ4v) is 0.555. The molecule has 13 heavy (non-hydrogen) atoms. The number of nitrogens with two attached hydrogens (primary N) is 1. The molecule has 0 aliphatic carbocycles. The highest BCUT2D eigenvalue weighted by Gasteiger charge is 2.09. The van der Waals surface area contributed by atoms with E-state index in [0.29, 0.717) is 6.42 Å². The lowest BCUT2D eigenvalue weighted by Crippen LogP contribution is -2.21. The highest BCUT2D eigenvalue weighted by atomic mass is 19.3. The Kier molecular flexibility index (Phi) is 4.87. The first-order valence-corrected chi connectivity index (χ1v) is 3.66. The van der Waals surface area contributed by atoms with Gasteiger partial charge in [0.15, 0.2) is 5.84 Å². The topological polar surface area (TPSA) is 38.4 Å². The molecule has 0 bridgehead atoms. The lowest BCUT2D eigenvalue weighted by atomic mass is 10.3. The van der Waals surface area contributed by atoms with Gasteiger partial charge in [0, 0.05) is 0 Å². The second-order valence-corrected chi connectivity index (χ2v) is 2.24. The summed E-state index contributed by atoms with van der Waals surface area (Å²) in [4.78, 5) is 3.10. The van der Waals surface area contributed by atoms with Gasteiger partial charge < -0.3 is 5.73 Å². The van der Waals surface area contributed by atoms with Crippen LogP contribution in [-0.2, 0) is 0 Å². The number of nitrogens with zero attached hydrogens (tertiary/aromatic N) is 1. The maximum atomic E-state index is 12.8. The molecule has 74 valence electrons. The van der Waals surface area contributed by atoms with Crippen LogP contribution in [0.25, 0.3) is 0 Å². The van der Waals surface area contributed by atoms with Crippen LogP contribution in [0.2, 0.25) is 0 Å². The quantitative estimate of drug-likeness (QED) is 0.414. The normalized spacial score (nSPS) is 13.6. The van der Waals surface area contributed by atoms with Crippen LogP contribution in [0.15, 0.2) is 29.2 Å². The van der Waals surface area contributed by atoms with Gasteiger partial charge in [-0.25, -0.2) is 18.2 Å². The van der Waals surface area contributed by atoms with Crippen LogP contribution < -0.4 is 5.73 Å². The van der Waals surface area contributed by atoms with Gasteiger partial charge in [-0.3, -0.25) is 0 Å². The second kappa shape index (κ2) is 5.40. The van der Waals surface area contributed by atoms with Crippen molar-refractivity contribution in [3.8, 4) is 0 Å². The zero-order chi connectivity index (χ0) is 10.4. The third-order valence-corrected chi connectivity index (χ3v) is 1.15. The first kappa shape index (κ1) is 11.7. The van der Waals surface area contributed by atoms with Gasteiger partial charge in [0.1, 0.15) is 5.83 Å². The van der Waals surface area contributed by atoms with Crippen molar-refractivity contribution < 1.29 is 13.2 Å². The Hall–Kier alpha value is -1.26. The Morgan fingerprint density at radius 3 is 2.54 bits per heavy atom. The molecule has 0 radical (unpaired) electrons. The molecule has 0 aliphatic heterocycles. The summed E-state index contributed by atoms with van der Waals surface area (Å²) in [6.45, 7) is 4.85. The molecular weight excluding hydrogens is 181 g/mol. The van der Waals surface area contributed by atoms with Crippen LogP contribution >= 0.6 is 0 Å². The van der Waals surface area contributed by atoms with Gasteiger partial charge in [-0.2, -0.15) is 0 Å². The van der Waals surface area contributed by atoms with E-state index >= 15 is 0 Å². The first-order valence-electron chi connectivity index (χ1n) is 3.66. The molecule has 0 aliphatic rings. The number of allylic oxidation sites excluding steroid dienone is 2. The molecule has 0 saturated heterocycles. The lowest BCUT2D eigenvalue weighted by molar-refractivity contribution is 0.224. The van der Waals surface area contributed by atoms with E-state index in [1.165, 1.54) is 6.08 Å². The summed E-state index contributed by atoms with van der Waals surface area (Å²) in [5.74, 6) is -1.66. The minimum absolute atomic E-state index is 0.375. The summed E-state index contributed by atoms with van der Waals surface area (Å²) in [5.41, 5.74) is 4.42. The maximum absolute atomic E-state index is 12.8. The van der Waals surface area contributed by atoms with Crippen molar-refractivity contribution in [1.82, 2.24) is 0 Å². The van der Waals surface area contributed by atoms with E-state index in [1.807, 2.05) is 0 Å². The van der Waals surface area contributed by atoms with E-state index in [0.717, 1.165) is 0 Å². The Morgan fingerprint density at radius 1 is 1.62 bits per heavy atom. The number of aliphatic imine (C=N–C) groups is 1. The van der Waals surface area contributed by atoms with Gasteiger partial charge in [0.05, 0.1) is 5.70 Å². The average Bonchev–Trinajstić information content (AvgIpc) is 2.04. The van der Waals surface area contributed by atoms with Crippen LogP contribution in [0.4, 0.5) is 13.2 Å². The molecule has 0 saturated carbocycles. The van der Waals surface area contributed by atoms with Crippen molar-refractivity contribution in [2.45, 2.75) is 19.8 Å². The number of alkyl halides is 2. The Labute approximate surface area is 74.6 Å². The van der Waals surface area contributed by atoms with Gasteiger partial charge >= 0.3 is 0 Å². The van der Waals surface area contributed by atoms with Crippen LogP contribution in [0.5, 0.6) is 0 Å². The lowest BCUT2D eigenvalue weighted by Gasteiger charge is -1.99. The fourth-order valence-electron chi connectivity index (χ4n) is 0.555. The summed E-state index contributed by atoms with van der Waals surface area (Å²) in [6, 6.07) is 0. The third kappa shape index (κ3) is 4.35. The van der Waals surface area contributed by atoms with E-state index in [4.69, 9.17) is 5.73 Å². The summed E-state index contributed by atoms with van der Waals surface area (Å²) < 4.78 is 36.4. The van der Waals surface area contributed by atoms with Crippen LogP contribution in [0.3, 0.4) is 0 Å². The van der Waals surface area contributed by atoms with E-state index in [-0.39, 0.29) is 5.70 Å². The number of rotatable bonds is 4. The second-order valence-electron chi connectivity index (χ2n) is 2.24. The molecule has 0 heterocycles. The highest BCUT2D eigenvalue weighted by Crippen LogP contribution is 2.12. The first-order chi connectivity index (χ1) is 5.99. The zero-order valence-corrected chi connectivity index (χ0v) is 7.23. The Balaban J connectivity index is 4.46. The molecule has 2 N–H and O–H groups in total. The predicted octanol–water partition coefficient (Wildman–Crippen LogP) is 2.39. The summed E-state index contributed by atoms with van der Waals surface area (Å²) in [6.07, 6.45) is -1.26. The standard InChI is InChI=1S/C8H11F3N2/c1-3-4-6(9)5(2)13-8(12)7(10)11/h4,7H,2-3H2,1H3,(H2,12,13)/b6-4+. The molecule has 0 unspecified atom stereocenters. The van der Waals surface area contributed by atoms with Gasteiger partial charge in [-0.15, -0.1) is 0 Å². The molecule has 0 rings (SSSR count). The number of halogens is 3. The molecule has 5 heteroatoms. The number of amidine groups is 1. The van der Waals surface area contributed by atoms with E-state index < -0.39 is 18.1 Å². The van der Waals surface area contributed by atoms with Crippen LogP contribution in [-0.4, -0.2) is 12.3 Å². The van der Waals surface area contributed by atoms with Crippen molar-refractivity contribution in [3.05, 3.63) is 24.2 Å². The van der Waals surface area contributed by atoms with Gasteiger partial charge in [-0.1, -0.05) is 13.5 Å². The largest absolute Gasteiger partial charge is 0.382 e. The summed E-state index contributed by atoms with van der Waals surface area (Å²) in [5, 5.41) is 0.